The molecule has 0 bridgehead atoms. The first-order valence-corrected chi connectivity index (χ1v) is 7.40. The summed E-state index contributed by atoms with van der Waals surface area (Å²) in [5.41, 5.74) is -0.342. The van der Waals surface area contributed by atoms with Crippen LogP contribution in [0.3, 0.4) is 0 Å². The first-order valence-electron chi connectivity index (χ1n) is 6.28. The number of nitrogens with one attached hydrogen (secondary N) is 1. The van der Waals surface area contributed by atoms with Crippen molar-refractivity contribution in [1.82, 2.24) is 5.32 Å². The van der Waals surface area contributed by atoms with E-state index in [2.05, 4.69) is 32.9 Å². The van der Waals surface area contributed by atoms with E-state index in [0.29, 0.717) is 11.2 Å². The molecule has 19 heavy (non-hydrogen) atoms. The summed E-state index contributed by atoms with van der Waals surface area (Å²) in [4.78, 5) is 11.6. The number of rotatable bonds is 5. The van der Waals surface area contributed by atoms with Gasteiger partial charge in [-0.1, -0.05) is 22.9 Å². The van der Waals surface area contributed by atoms with E-state index in [4.69, 9.17) is 0 Å². The van der Waals surface area contributed by atoms with Crippen LogP contribution in [0.4, 0.5) is 13.2 Å². The minimum absolute atomic E-state index is 0.342. The van der Waals surface area contributed by atoms with Crippen LogP contribution < -0.4 is 5.32 Å². The number of carbonyl (C=O) groups is 1. The van der Waals surface area contributed by atoms with Crippen LogP contribution in [0.5, 0.6) is 0 Å². The molecule has 0 aromatic rings. The summed E-state index contributed by atoms with van der Waals surface area (Å²) in [6, 6.07) is 0. The molecule has 1 aliphatic rings. The molecule has 0 heterocycles. The first kappa shape index (κ1) is 16.8. The summed E-state index contributed by atoms with van der Waals surface area (Å²) in [7, 11) is 0. The highest BCUT2D eigenvalue weighted by Gasteiger charge is 2.35. The quantitative estimate of drug-likeness (QED) is 0.778. The Morgan fingerprint density at radius 3 is 2.47 bits per heavy atom. The van der Waals surface area contributed by atoms with Crippen LogP contribution in [0.15, 0.2) is 0 Å². The average molecular weight is 346 g/mol. The minimum Gasteiger partial charge on any atom is -0.362 e. The molecule has 0 unspecified atom stereocenters. The van der Waals surface area contributed by atoms with Gasteiger partial charge < -0.3 is 10.1 Å². The van der Waals surface area contributed by atoms with Gasteiger partial charge in [-0.3, -0.25) is 4.79 Å². The standard InChI is InChI=1S/C12H19BrF3NO2/c1-9-2-4-11(7-13,5-3-9)17-10(18)6-19-8-12(14,15)16/h9H,2-8H2,1H3,(H,17,18). The van der Waals surface area contributed by atoms with Crippen molar-refractivity contribution in [3.63, 3.8) is 0 Å². The van der Waals surface area contributed by atoms with Gasteiger partial charge in [-0.2, -0.15) is 13.2 Å². The molecule has 0 radical (unpaired) electrons. The fraction of sp³-hybridized carbons (Fsp3) is 0.917. The average Bonchev–Trinajstić information content (AvgIpc) is 2.31. The van der Waals surface area contributed by atoms with Crippen LogP contribution in [0, 0.1) is 5.92 Å². The van der Waals surface area contributed by atoms with Crippen molar-refractivity contribution in [3.05, 3.63) is 0 Å². The molecule has 0 saturated heterocycles. The molecule has 1 N–H and O–H groups in total. The van der Waals surface area contributed by atoms with E-state index >= 15 is 0 Å². The molecule has 112 valence electrons. The Morgan fingerprint density at radius 1 is 1.42 bits per heavy atom. The van der Waals surface area contributed by atoms with Gasteiger partial charge in [0.1, 0.15) is 13.2 Å². The van der Waals surface area contributed by atoms with Gasteiger partial charge in [-0.15, -0.1) is 0 Å². The molecule has 0 aromatic heterocycles. The van der Waals surface area contributed by atoms with Crippen molar-refractivity contribution in [2.24, 2.45) is 5.92 Å². The topological polar surface area (TPSA) is 38.3 Å². The van der Waals surface area contributed by atoms with Crippen LogP contribution in [-0.4, -0.2) is 36.2 Å². The summed E-state index contributed by atoms with van der Waals surface area (Å²) >= 11 is 3.38. The zero-order valence-electron chi connectivity index (χ0n) is 10.9. The van der Waals surface area contributed by atoms with Gasteiger partial charge in [0, 0.05) is 10.9 Å². The fourth-order valence-electron chi connectivity index (χ4n) is 2.20. The molecule has 3 nitrogen and oxygen atoms in total. The molecular weight excluding hydrogens is 327 g/mol. The molecule has 0 spiro atoms. The third-order valence-electron chi connectivity index (χ3n) is 3.39. The lowest BCUT2D eigenvalue weighted by Gasteiger charge is -2.38. The Labute approximate surface area is 119 Å². The lowest BCUT2D eigenvalue weighted by Crippen LogP contribution is -2.53. The molecule has 0 aliphatic heterocycles. The van der Waals surface area contributed by atoms with E-state index in [9.17, 15) is 18.0 Å². The molecule has 7 heteroatoms. The summed E-state index contributed by atoms with van der Waals surface area (Å²) in [5.74, 6) is 0.142. The molecular formula is C12H19BrF3NO2. The van der Waals surface area contributed by atoms with Crippen molar-refractivity contribution in [2.45, 2.75) is 44.3 Å². The highest BCUT2D eigenvalue weighted by molar-refractivity contribution is 9.09. The van der Waals surface area contributed by atoms with Crippen LogP contribution >= 0.6 is 15.9 Å². The lowest BCUT2D eigenvalue weighted by atomic mass is 9.78. The van der Waals surface area contributed by atoms with Gasteiger partial charge in [-0.05, 0) is 31.6 Å². The maximum atomic E-state index is 11.9. The van der Waals surface area contributed by atoms with Crippen molar-refractivity contribution in [1.29, 1.82) is 0 Å². The Hall–Kier alpha value is -0.300. The molecule has 1 rings (SSSR count). The van der Waals surface area contributed by atoms with E-state index < -0.39 is 25.3 Å². The molecule has 0 aromatic carbocycles. The van der Waals surface area contributed by atoms with Gasteiger partial charge in [0.2, 0.25) is 5.91 Å². The number of carbonyl (C=O) groups excluding carboxylic acids is 1. The second kappa shape index (κ2) is 6.92. The fourth-order valence-corrected chi connectivity index (χ4v) is 2.90. The summed E-state index contributed by atoms with van der Waals surface area (Å²) in [5, 5.41) is 3.42. The van der Waals surface area contributed by atoms with E-state index in [0.717, 1.165) is 25.7 Å². The van der Waals surface area contributed by atoms with Gasteiger partial charge in [-0.25, -0.2) is 0 Å². The second-order valence-corrected chi connectivity index (χ2v) is 5.81. The van der Waals surface area contributed by atoms with E-state index in [-0.39, 0.29) is 5.54 Å². The third-order valence-corrected chi connectivity index (χ3v) is 4.46. The SMILES string of the molecule is CC1CCC(CBr)(NC(=O)COCC(F)(F)F)CC1. The summed E-state index contributed by atoms with van der Waals surface area (Å²) in [6.07, 6.45) is -0.701. The molecule has 1 amide bonds. The number of amides is 1. The van der Waals surface area contributed by atoms with E-state index in [1.165, 1.54) is 0 Å². The van der Waals surface area contributed by atoms with Crippen molar-refractivity contribution in [3.8, 4) is 0 Å². The number of alkyl halides is 4. The Bertz CT molecular complexity index is 302. The van der Waals surface area contributed by atoms with Crippen molar-refractivity contribution >= 4 is 21.8 Å². The predicted octanol–water partition coefficient (Wildman–Crippen LogP) is 3.03. The van der Waals surface area contributed by atoms with Gasteiger partial charge >= 0.3 is 6.18 Å². The highest BCUT2D eigenvalue weighted by Crippen LogP contribution is 2.33. The maximum absolute atomic E-state index is 11.9. The van der Waals surface area contributed by atoms with Gasteiger partial charge in [0.15, 0.2) is 0 Å². The number of hydrogen-bond acceptors (Lipinski definition) is 2. The molecule has 1 aliphatic carbocycles. The molecule has 1 fully saturated rings. The normalized spacial score (nSPS) is 28.2. The zero-order chi connectivity index (χ0) is 14.5. The zero-order valence-corrected chi connectivity index (χ0v) is 12.4. The Kier molecular flexibility index (Phi) is 6.11. The van der Waals surface area contributed by atoms with Gasteiger partial charge in [0.05, 0.1) is 0 Å². The van der Waals surface area contributed by atoms with Gasteiger partial charge in [0.25, 0.3) is 0 Å². The summed E-state index contributed by atoms with van der Waals surface area (Å²) in [6.45, 7) is 0.217. The number of ether oxygens (including phenoxy) is 1. The van der Waals surface area contributed by atoms with Crippen LogP contribution in [0.2, 0.25) is 0 Å². The molecule has 1 saturated carbocycles. The first-order chi connectivity index (χ1) is 8.76. The second-order valence-electron chi connectivity index (χ2n) is 5.25. The van der Waals surface area contributed by atoms with Crippen LogP contribution in [0.25, 0.3) is 0 Å². The Morgan fingerprint density at radius 2 is 2.00 bits per heavy atom. The minimum atomic E-state index is -4.40. The third kappa shape index (κ3) is 6.12. The van der Waals surface area contributed by atoms with Crippen molar-refractivity contribution < 1.29 is 22.7 Å². The van der Waals surface area contributed by atoms with Crippen LogP contribution in [0.1, 0.15) is 32.6 Å². The highest BCUT2D eigenvalue weighted by atomic mass is 79.9. The maximum Gasteiger partial charge on any atom is 0.411 e. The van der Waals surface area contributed by atoms with Crippen LogP contribution in [-0.2, 0) is 9.53 Å². The monoisotopic (exact) mass is 345 g/mol. The Balaban J connectivity index is 2.37. The number of halogens is 4. The number of hydrogen-bond donors (Lipinski definition) is 1. The predicted molar refractivity (Wildman–Crippen MR) is 69.2 cm³/mol. The lowest BCUT2D eigenvalue weighted by molar-refractivity contribution is -0.176. The smallest absolute Gasteiger partial charge is 0.362 e. The molecule has 0 atom stereocenters. The van der Waals surface area contributed by atoms with E-state index in [1.54, 1.807) is 0 Å². The summed E-state index contributed by atoms with van der Waals surface area (Å²) < 4.78 is 40.0. The van der Waals surface area contributed by atoms with E-state index in [1.807, 2.05) is 0 Å². The van der Waals surface area contributed by atoms with Crippen molar-refractivity contribution in [2.75, 3.05) is 18.5 Å². The largest absolute Gasteiger partial charge is 0.411 e.